The van der Waals surface area contributed by atoms with Crippen LogP contribution in [0.25, 0.3) is 16.7 Å². The van der Waals surface area contributed by atoms with Crippen molar-refractivity contribution in [2.75, 3.05) is 5.32 Å². The first-order valence-electron chi connectivity index (χ1n) is 10.6. The van der Waals surface area contributed by atoms with Crippen molar-refractivity contribution >= 4 is 22.4 Å². The number of aliphatic hydroxyl groups is 1. The summed E-state index contributed by atoms with van der Waals surface area (Å²) in [5.41, 5.74) is 7.72. The lowest BCUT2D eigenvalue weighted by Gasteiger charge is -2.38. The Labute approximate surface area is 165 Å². The molecule has 0 amide bonds. The maximum Gasteiger partial charge on any atom is 0.160 e. The number of aryl methyl sites for hydroxylation is 2. The molecule has 2 aliphatic carbocycles. The summed E-state index contributed by atoms with van der Waals surface area (Å²) in [6, 6.07) is 0.477. The van der Waals surface area contributed by atoms with E-state index in [0.29, 0.717) is 18.9 Å². The first-order valence-corrected chi connectivity index (χ1v) is 10.6. The van der Waals surface area contributed by atoms with Gasteiger partial charge in [0, 0.05) is 37.2 Å². The van der Waals surface area contributed by atoms with Gasteiger partial charge in [0.1, 0.15) is 5.60 Å². The van der Waals surface area contributed by atoms with Crippen LogP contribution < -0.4 is 10.8 Å². The molecule has 0 bridgehead atoms. The fourth-order valence-corrected chi connectivity index (χ4v) is 4.89. The monoisotopic (exact) mass is 383 g/mol. The van der Waals surface area contributed by atoms with Crippen LogP contribution in [0.2, 0.25) is 0 Å². The Kier molecular flexibility index (Phi) is 4.32. The summed E-state index contributed by atoms with van der Waals surface area (Å²) >= 11 is 0. The Hall–Kier alpha value is -2.12. The molecule has 0 aromatic carbocycles. The van der Waals surface area contributed by atoms with Gasteiger partial charge in [-0.15, -0.1) is 0 Å². The second kappa shape index (κ2) is 6.74. The third-order valence-electron chi connectivity index (χ3n) is 6.41. The summed E-state index contributed by atoms with van der Waals surface area (Å²) in [6.07, 6.45) is 11.3. The van der Waals surface area contributed by atoms with Crippen LogP contribution in [-0.2, 0) is 11.4 Å². The summed E-state index contributed by atoms with van der Waals surface area (Å²) in [4.78, 5) is 10.6. The zero-order chi connectivity index (χ0) is 19.3. The lowest BCUT2D eigenvalue weighted by atomic mass is 9.77. The quantitative estimate of drug-likeness (QED) is 0.751. The summed E-state index contributed by atoms with van der Waals surface area (Å²) < 4.78 is 1.97. The molecular weight excluding hydrogens is 354 g/mol. The zero-order valence-electron chi connectivity index (χ0n) is 16.7. The molecule has 2 saturated carbocycles. The highest BCUT2D eigenvalue weighted by Gasteiger charge is 2.47. The highest BCUT2D eigenvalue weighted by atomic mass is 16.7. The number of nitrogens with zero attached hydrogens (tertiary/aromatic N) is 3. The Morgan fingerprint density at radius 3 is 2.82 bits per heavy atom. The minimum Gasteiger partial charge on any atom is -0.393 e. The molecule has 7 heteroatoms. The number of aliphatic hydroxyl groups excluding tert-OH is 1. The summed E-state index contributed by atoms with van der Waals surface area (Å²) in [5.74, 6) is 0. The molecule has 1 spiro atoms. The van der Waals surface area contributed by atoms with E-state index in [4.69, 9.17) is 14.9 Å². The average Bonchev–Trinajstić information content (AvgIpc) is 3.25. The Bertz CT molecular complexity index is 923. The second-order valence-electron chi connectivity index (χ2n) is 8.51. The minimum atomic E-state index is -0.380. The molecule has 2 aromatic rings. The molecule has 3 heterocycles. The van der Waals surface area contributed by atoms with Gasteiger partial charge in [-0.2, -0.15) is 5.10 Å². The van der Waals surface area contributed by atoms with Crippen LogP contribution in [0, 0.1) is 6.92 Å². The van der Waals surface area contributed by atoms with E-state index in [1.54, 1.807) is 0 Å². The van der Waals surface area contributed by atoms with Gasteiger partial charge in [0.15, 0.2) is 5.65 Å². The van der Waals surface area contributed by atoms with E-state index in [1.165, 1.54) is 32.1 Å². The SMILES string of the molecule is CCn1nc(C)c2c(NC3CCCCC3)c(C3=CC4(CC(O)C4)ON3)cnc21. The second-order valence-corrected chi connectivity index (χ2v) is 8.51. The fourth-order valence-electron chi connectivity index (χ4n) is 4.89. The summed E-state index contributed by atoms with van der Waals surface area (Å²) in [6.45, 7) is 4.95. The van der Waals surface area contributed by atoms with Crippen LogP contribution in [0.15, 0.2) is 12.3 Å². The van der Waals surface area contributed by atoms with Gasteiger partial charge in [-0.3, -0.25) is 10.3 Å². The van der Waals surface area contributed by atoms with Crippen LogP contribution in [0.4, 0.5) is 5.69 Å². The van der Waals surface area contributed by atoms with Crippen molar-refractivity contribution in [3.8, 4) is 0 Å². The van der Waals surface area contributed by atoms with Crippen molar-refractivity contribution in [2.24, 2.45) is 0 Å². The van der Waals surface area contributed by atoms with Crippen LogP contribution in [-0.4, -0.2) is 37.6 Å². The zero-order valence-corrected chi connectivity index (χ0v) is 16.7. The minimum absolute atomic E-state index is 0.275. The average molecular weight is 383 g/mol. The number of nitrogens with one attached hydrogen (secondary N) is 2. The molecule has 3 N–H and O–H groups in total. The molecular formula is C21H29N5O2. The van der Waals surface area contributed by atoms with Crippen LogP contribution >= 0.6 is 0 Å². The number of anilines is 1. The van der Waals surface area contributed by atoms with E-state index in [1.807, 2.05) is 10.9 Å². The lowest BCUT2D eigenvalue weighted by molar-refractivity contribution is -0.137. The maximum absolute atomic E-state index is 9.74. The number of fused-ring (bicyclic) bond motifs is 1. The van der Waals surface area contributed by atoms with Crippen molar-refractivity contribution in [1.29, 1.82) is 0 Å². The van der Waals surface area contributed by atoms with Gasteiger partial charge < -0.3 is 10.4 Å². The van der Waals surface area contributed by atoms with Gasteiger partial charge in [0.2, 0.25) is 0 Å². The molecule has 0 atom stereocenters. The smallest absolute Gasteiger partial charge is 0.160 e. The molecule has 7 nitrogen and oxygen atoms in total. The van der Waals surface area contributed by atoms with Gasteiger partial charge in [-0.05, 0) is 32.8 Å². The van der Waals surface area contributed by atoms with E-state index in [0.717, 1.165) is 40.2 Å². The van der Waals surface area contributed by atoms with Crippen molar-refractivity contribution in [1.82, 2.24) is 20.2 Å². The van der Waals surface area contributed by atoms with E-state index in [9.17, 15) is 5.11 Å². The van der Waals surface area contributed by atoms with Gasteiger partial charge >= 0.3 is 0 Å². The Morgan fingerprint density at radius 1 is 1.32 bits per heavy atom. The third kappa shape index (κ3) is 2.88. The van der Waals surface area contributed by atoms with E-state index in [2.05, 4.69) is 30.7 Å². The topological polar surface area (TPSA) is 84.2 Å². The predicted molar refractivity (Wildman–Crippen MR) is 109 cm³/mol. The standard InChI is InChI=1S/C21H29N5O2/c1-3-26-20-18(13(2)24-26)19(23-14-7-5-4-6-8-14)16(12-22-20)17-11-21(28-25-17)9-15(27)10-21/h11-12,14-15,25,27H,3-10H2,1-2H3,(H,22,23). The first-order chi connectivity index (χ1) is 13.6. The molecule has 5 rings (SSSR count). The van der Waals surface area contributed by atoms with Crippen molar-refractivity contribution in [3.63, 3.8) is 0 Å². The van der Waals surface area contributed by atoms with Gasteiger partial charge in [0.25, 0.3) is 0 Å². The summed E-state index contributed by atoms with van der Waals surface area (Å²) in [5, 5.41) is 19.4. The number of rotatable bonds is 4. The molecule has 3 aliphatic rings. The highest BCUT2D eigenvalue weighted by molar-refractivity contribution is 5.97. The Morgan fingerprint density at radius 2 is 2.11 bits per heavy atom. The number of hydrogen-bond donors (Lipinski definition) is 3. The van der Waals surface area contributed by atoms with Crippen LogP contribution in [0.3, 0.4) is 0 Å². The van der Waals surface area contributed by atoms with Gasteiger partial charge in [0.05, 0.1) is 28.6 Å². The van der Waals surface area contributed by atoms with E-state index >= 15 is 0 Å². The third-order valence-corrected chi connectivity index (χ3v) is 6.41. The maximum atomic E-state index is 9.74. The van der Waals surface area contributed by atoms with E-state index < -0.39 is 0 Å². The molecule has 2 aromatic heterocycles. The number of hydroxylamine groups is 1. The fraction of sp³-hybridized carbons (Fsp3) is 0.619. The largest absolute Gasteiger partial charge is 0.393 e. The van der Waals surface area contributed by atoms with Gasteiger partial charge in [-0.1, -0.05) is 19.3 Å². The molecule has 1 aliphatic heterocycles. The van der Waals surface area contributed by atoms with Crippen LogP contribution in [0.1, 0.15) is 63.1 Å². The molecule has 28 heavy (non-hydrogen) atoms. The normalized spacial score (nSPS) is 27.7. The number of hydrogen-bond acceptors (Lipinski definition) is 6. The van der Waals surface area contributed by atoms with Crippen molar-refractivity contribution in [3.05, 3.63) is 23.5 Å². The van der Waals surface area contributed by atoms with Crippen molar-refractivity contribution < 1.29 is 9.94 Å². The summed E-state index contributed by atoms with van der Waals surface area (Å²) in [7, 11) is 0. The number of pyridine rings is 1. The van der Waals surface area contributed by atoms with Crippen molar-refractivity contribution in [2.45, 2.75) is 83.1 Å². The van der Waals surface area contributed by atoms with Gasteiger partial charge in [-0.25, -0.2) is 9.67 Å². The predicted octanol–water partition coefficient (Wildman–Crippen LogP) is 3.27. The highest BCUT2D eigenvalue weighted by Crippen LogP contribution is 2.44. The molecule has 0 unspecified atom stereocenters. The Balaban J connectivity index is 1.60. The molecule has 0 saturated heterocycles. The lowest BCUT2D eigenvalue weighted by Crippen LogP contribution is -2.47. The molecule has 0 radical (unpaired) electrons. The van der Waals surface area contributed by atoms with Crippen LogP contribution in [0.5, 0.6) is 0 Å². The van der Waals surface area contributed by atoms with E-state index in [-0.39, 0.29) is 11.7 Å². The molecule has 150 valence electrons. The first kappa shape index (κ1) is 17.9. The number of aromatic nitrogens is 3. The molecule has 2 fully saturated rings.